The van der Waals surface area contributed by atoms with Crippen LogP contribution in [0.2, 0.25) is 0 Å². The quantitative estimate of drug-likeness (QED) is 0.856. The molecule has 0 atom stereocenters. The minimum absolute atomic E-state index is 0.0975. The molecule has 7 heteroatoms. The second-order valence-corrected chi connectivity index (χ2v) is 7.65. The van der Waals surface area contributed by atoms with E-state index in [1.54, 1.807) is 20.8 Å². The maximum absolute atomic E-state index is 12.2. The third kappa shape index (κ3) is 3.48. The Labute approximate surface area is 124 Å². The second-order valence-electron chi connectivity index (χ2n) is 5.97. The molecule has 1 aliphatic rings. The molecule has 1 heterocycles. The highest BCUT2D eigenvalue weighted by Gasteiger charge is 2.30. The highest BCUT2D eigenvalue weighted by molar-refractivity contribution is 7.89. The molecular weight excluding hydrogens is 292 g/mol. The number of carbonyl (C=O) groups is 2. The van der Waals surface area contributed by atoms with Gasteiger partial charge >= 0.3 is 0 Å². The van der Waals surface area contributed by atoms with E-state index in [2.05, 4.69) is 4.72 Å². The maximum atomic E-state index is 12.2. The molecule has 1 fully saturated rings. The van der Waals surface area contributed by atoms with Crippen LogP contribution in [0.15, 0.2) is 29.2 Å². The van der Waals surface area contributed by atoms with Gasteiger partial charge in [-0.15, -0.1) is 0 Å². The predicted octanol–water partition coefficient (Wildman–Crippen LogP) is 1.42. The first-order valence-electron chi connectivity index (χ1n) is 6.60. The third-order valence-corrected chi connectivity index (χ3v) is 4.67. The lowest BCUT2D eigenvalue weighted by Crippen LogP contribution is -2.40. The normalized spacial score (nSPS) is 16.6. The average Bonchev–Trinajstić information content (AvgIpc) is 2.66. The maximum Gasteiger partial charge on any atom is 0.241 e. The second kappa shape index (κ2) is 5.23. The van der Waals surface area contributed by atoms with Crippen molar-refractivity contribution in [3.63, 3.8) is 0 Å². The van der Waals surface area contributed by atoms with E-state index in [-0.39, 0.29) is 29.6 Å². The molecule has 0 radical (unpaired) electrons. The number of imide groups is 1. The van der Waals surface area contributed by atoms with Crippen molar-refractivity contribution >= 4 is 27.5 Å². The minimum atomic E-state index is -3.62. The number of anilines is 1. The van der Waals surface area contributed by atoms with Crippen molar-refractivity contribution in [2.24, 2.45) is 0 Å². The SMILES string of the molecule is CC(C)(C)NS(=O)(=O)c1ccc(N2C(=O)CCC2=O)cc1. The summed E-state index contributed by atoms with van der Waals surface area (Å²) in [5.41, 5.74) is -0.185. The molecule has 1 saturated heterocycles. The van der Waals surface area contributed by atoms with Gasteiger partial charge in [-0.25, -0.2) is 13.1 Å². The van der Waals surface area contributed by atoms with Crippen LogP contribution in [0.25, 0.3) is 0 Å². The first-order chi connectivity index (χ1) is 9.60. The van der Waals surface area contributed by atoms with Crippen molar-refractivity contribution in [1.29, 1.82) is 0 Å². The first-order valence-corrected chi connectivity index (χ1v) is 8.08. The van der Waals surface area contributed by atoms with Crippen LogP contribution in [0.5, 0.6) is 0 Å². The number of hydrogen-bond donors (Lipinski definition) is 1. The van der Waals surface area contributed by atoms with Crippen LogP contribution in [0, 0.1) is 0 Å². The summed E-state index contributed by atoms with van der Waals surface area (Å²) in [7, 11) is -3.62. The fraction of sp³-hybridized carbons (Fsp3) is 0.429. The molecule has 114 valence electrons. The molecule has 0 unspecified atom stereocenters. The van der Waals surface area contributed by atoms with Gasteiger partial charge in [-0.1, -0.05) is 0 Å². The number of rotatable bonds is 3. The fourth-order valence-corrected chi connectivity index (χ4v) is 3.52. The Kier molecular flexibility index (Phi) is 3.90. The zero-order valence-corrected chi connectivity index (χ0v) is 13.0. The molecule has 1 aliphatic heterocycles. The third-order valence-electron chi connectivity index (χ3n) is 2.90. The van der Waals surface area contributed by atoms with Crippen molar-refractivity contribution in [3.8, 4) is 0 Å². The summed E-state index contributed by atoms with van der Waals surface area (Å²) in [6, 6.07) is 5.72. The van der Waals surface area contributed by atoms with E-state index < -0.39 is 15.6 Å². The molecule has 1 aromatic carbocycles. The molecule has 0 bridgehead atoms. The van der Waals surface area contributed by atoms with Crippen molar-refractivity contribution in [1.82, 2.24) is 4.72 Å². The topological polar surface area (TPSA) is 83.6 Å². The minimum Gasteiger partial charge on any atom is -0.274 e. The summed E-state index contributed by atoms with van der Waals surface area (Å²) in [5, 5.41) is 0. The van der Waals surface area contributed by atoms with E-state index in [1.165, 1.54) is 24.3 Å². The number of sulfonamides is 1. The molecule has 2 amide bonds. The summed E-state index contributed by atoms with van der Waals surface area (Å²) in [4.78, 5) is 24.4. The molecular formula is C14H18N2O4S. The largest absolute Gasteiger partial charge is 0.274 e. The summed E-state index contributed by atoms with van der Waals surface area (Å²) < 4.78 is 26.8. The Morgan fingerprint density at radius 2 is 1.48 bits per heavy atom. The number of nitrogens with one attached hydrogen (secondary N) is 1. The molecule has 0 aliphatic carbocycles. The van der Waals surface area contributed by atoms with Gasteiger partial charge < -0.3 is 0 Å². The Morgan fingerprint density at radius 3 is 1.90 bits per heavy atom. The fourth-order valence-electron chi connectivity index (χ4n) is 2.10. The molecule has 2 rings (SSSR count). The lowest BCUT2D eigenvalue weighted by atomic mass is 10.1. The summed E-state index contributed by atoms with van der Waals surface area (Å²) >= 11 is 0. The van der Waals surface area contributed by atoms with Crippen LogP contribution in [0.1, 0.15) is 33.6 Å². The highest BCUT2D eigenvalue weighted by atomic mass is 32.2. The monoisotopic (exact) mass is 310 g/mol. The Bertz CT molecular complexity index is 656. The number of carbonyl (C=O) groups excluding carboxylic acids is 2. The zero-order valence-electron chi connectivity index (χ0n) is 12.2. The molecule has 0 spiro atoms. The Morgan fingerprint density at radius 1 is 1.00 bits per heavy atom. The van der Waals surface area contributed by atoms with E-state index in [9.17, 15) is 18.0 Å². The van der Waals surface area contributed by atoms with Crippen LogP contribution in [0.4, 0.5) is 5.69 Å². The average molecular weight is 310 g/mol. The van der Waals surface area contributed by atoms with Crippen LogP contribution in [0.3, 0.4) is 0 Å². The van der Waals surface area contributed by atoms with Crippen LogP contribution in [-0.2, 0) is 19.6 Å². The van der Waals surface area contributed by atoms with Gasteiger partial charge in [0.05, 0.1) is 10.6 Å². The van der Waals surface area contributed by atoms with Gasteiger partial charge in [-0.3, -0.25) is 14.5 Å². The summed E-state index contributed by atoms with van der Waals surface area (Å²) in [6.45, 7) is 5.25. The van der Waals surface area contributed by atoms with Gasteiger partial charge in [-0.2, -0.15) is 0 Å². The van der Waals surface area contributed by atoms with E-state index >= 15 is 0 Å². The number of amides is 2. The standard InChI is InChI=1S/C14H18N2O4S/c1-14(2,3)15-21(19,20)11-6-4-10(5-7-11)16-12(17)8-9-13(16)18/h4-7,15H,8-9H2,1-3H3. The first kappa shape index (κ1) is 15.7. The summed E-state index contributed by atoms with van der Waals surface area (Å²) in [5.74, 6) is -0.521. The van der Waals surface area contributed by atoms with Gasteiger partial charge in [0, 0.05) is 18.4 Å². The molecule has 0 aromatic heterocycles. The smallest absolute Gasteiger partial charge is 0.241 e. The van der Waals surface area contributed by atoms with Crippen molar-refractivity contribution in [2.75, 3.05) is 4.90 Å². The van der Waals surface area contributed by atoms with Gasteiger partial charge in [0.25, 0.3) is 0 Å². The summed E-state index contributed by atoms with van der Waals surface area (Å²) in [6.07, 6.45) is 0.398. The van der Waals surface area contributed by atoms with Crippen molar-refractivity contribution in [2.45, 2.75) is 44.0 Å². The van der Waals surface area contributed by atoms with Crippen molar-refractivity contribution in [3.05, 3.63) is 24.3 Å². The van der Waals surface area contributed by atoms with Crippen LogP contribution >= 0.6 is 0 Å². The van der Waals surface area contributed by atoms with E-state index in [1.807, 2.05) is 0 Å². The van der Waals surface area contributed by atoms with E-state index in [0.717, 1.165) is 4.90 Å². The molecule has 21 heavy (non-hydrogen) atoms. The van der Waals surface area contributed by atoms with E-state index in [0.29, 0.717) is 5.69 Å². The molecule has 1 N–H and O–H groups in total. The van der Waals surface area contributed by atoms with Gasteiger partial charge in [0.1, 0.15) is 0 Å². The van der Waals surface area contributed by atoms with Gasteiger partial charge in [0.2, 0.25) is 21.8 Å². The number of benzene rings is 1. The predicted molar refractivity (Wildman–Crippen MR) is 78.2 cm³/mol. The Hall–Kier alpha value is -1.73. The highest BCUT2D eigenvalue weighted by Crippen LogP contribution is 2.24. The number of hydrogen-bond acceptors (Lipinski definition) is 4. The molecule has 1 aromatic rings. The zero-order chi connectivity index (χ0) is 15.8. The number of nitrogens with zero attached hydrogens (tertiary/aromatic N) is 1. The van der Waals surface area contributed by atoms with Crippen LogP contribution < -0.4 is 9.62 Å². The van der Waals surface area contributed by atoms with Crippen molar-refractivity contribution < 1.29 is 18.0 Å². The lowest BCUT2D eigenvalue weighted by Gasteiger charge is -2.20. The molecule has 0 saturated carbocycles. The lowest BCUT2D eigenvalue weighted by molar-refractivity contribution is -0.121. The Balaban J connectivity index is 2.27. The van der Waals surface area contributed by atoms with E-state index in [4.69, 9.17) is 0 Å². The van der Waals surface area contributed by atoms with Crippen LogP contribution in [-0.4, -0.2) is 25.8 Å². The molecule has 6 nitrogen and oxygen atoms in total. The van der Waals surface area contributed by atoms with Gasteiger partial charge in [0.15, 0.2) is 0 Å². The van der Waals surface area contributed by atoms with Gasteiger partial charge in [-0.05, 0) is 45.0 Å².